The maximum atomic E-state index is 11.7. The van der Waals surface area contributed by atoms with Crippen LogP contribution >= 0.6 is 0 Å². The van der Waals surface area contributed by atoms with Gasteiger partial charge < -0.3 is 4.74 Å². The first kappa shape index (κ1) is 12.3. The van der Waals surface area contributed by atoms with Gasteiger partial charge in [-0.1, -0.05) is 30.7 Å². The number of rotatable bonds is 5. The van der Waals surface area contributed by atoms with Crippen molar-refractivity contribution in [1.29, 1.82) is 0 Å². The first-order valence-electron chi connectivity index (χ1n) is 6.38. The Bertz CT molecular complexity index is 405. The van der Waals surface area contributed by atoms with E-state index in [-0.39, 0.29) is 11.2 Å². The highest BCUT2D eigenvalue weighted by molar-refractivity contribution is 5.96. The number of hydrogen-bond acceptors (Lipinski definition) is 2. The third kappa shape index (κ3) is 2.27. The van der Waals surface area contributed by atoms with Crippen molar-refractivity contribution in [2.24, 2.45) is 0 Å². The van der Waals surface area contributed by atoms with E-state index in [4.69, 9.17) is 4.74 Å². The third-order valence-corrected chi connectivity index (χ3v) is 3.77. The van der Waals surface area contributed by atoms with Gasteiger partial charge in [0.25, 0.3) is 0 Å². The van der Waals surface area contributed by atoms with Crippen molar-refractivity contribution in [3.05, 3.63) is 35.4 Å². The van der Waals surface area contributed by atoms with Gasteiger partial charge in [0, 0.05) is 17.6 Å². The van der Waals surface area contributed by atoms with Crippen LogP contribution in [0.1, 0.15) is 49.0 Å². The largest absolute Gasteiger partial charge is 0.381 e. The van der Waals surface area contributed by atoms with Gasteiger partial charge in [0.15, 0.2) is 5.78 Å². The highest BCUT2D eigenvalue weighted by Gasteiger charge is 2.40. The van der Waals surface area contributed by atoms with Crippen molar-refractivity contribution < 1.29 is 9.53 Å². The van der Waals surface area contributed by atoms with Gasteiger partial charge in [-0.2, -0.15) is 0 Å². The molecule has 0 amide bonds. The minimum Gasteiger partial charge on any atom is -0.381 e. The van der Waals surface area contributed by atoms with Crippen molar-refractivity contribution in [3.8, 4) is 0 Å². The molecule has 1 saturated carbocycles. The summed E-state index contributed by atoms with van der Waals surface area (Å²) in [5.41, 5.74) is 2.15. The molecule has 0 unspecified atom stereocenters. The number of carbonyl (C=O) groups is 1. The molecule has 0 aliphatic heterocycles. The lowest BCUT2D eigenvalue weighted by molar-refractivity contribution is 0.0515. The predicted octanol–water partition coefficient (Wildman–Crippen LogP) is 3.35. The molecule has 2 nitrogen and oxygen atoms in total. The zero-order valence-corrected chi connectivity index (χ0v) is 10.7. The van der Waals surface area contributed by atoms with Gasteiger partial charge >= 0.3 is 0 Å². The third-order valence-electron chi connectivity index (χ3n) is 3.77. The molecule has 2 heteroatoms. The summed E-state index contributed by atoms with van der Waals surface area (Å²) >= 11 is 0. The molecule has 1 aliphatic carbocycles. The Morgan fingerprint density at radius 3 is 2.59 bits per heavy atom. The molecule has 0 heterocycles. The molecular weight excluding hydrogens is 212 g/mol. The van der Waals surface area contributed by atoms with Crippen molar-refractivity contribution in [3.63, 3.8) is 0 Å². The molecule has 0 saturated heterocycles. The van der Waals surface area contributed by atoms with Crippen molar-refractivity contribution in [2.75, 3.05) is 13.2 Å². The number of Topliss-reactive ketones (excluding diaryl/α,β-unsaturated/α-hetero) is 1. The van der Waals surface area contributed by atoms with E-state index in [9.17, 15) is 4.79 Å². The van der Waals surface area contributed by atoms with Crippen molar-refractivity contribution in [2.45, 2.75) is 38.5 Å². The van der Waals surface area contributed by atoms with Gasteiger partial charge in [0.1, 0.15) is 0 Å². The van der Waals surface area contributed by atoms with Gasteiger partial charge in [0.2, 0.25) is 0 Å². The Balaban J connectivity index is 2.33. The summed E-state index contributed by atoms with van der Waals surface area (Å²) in [5.74, 6) is 0.156. The zero-order valence-electron chi connectivity index (χ0n) is 10.7. The van der Waals surface area contributed by atoms with E-state index in [1.54, 1.807) is 6.92 Å². The average molecular weight is 232 g/mol. The first-order valence-corrected chi connectivity index (χ1v) is 6.38. The highest BCUT2D eigenvalue weighted by Crippen LogP contribution is 2.45. The van der Waals surface area contributed by atoms with Crippen LogP contribution < -0.4 is 0 Å². The standard InChI is InChI=1S/C15H20O2/c1-3-17-11-15(9-6-10-15)14-8-5-4-7-13(14)12(2)16/h4-5,7-8H,3,6,9-11H2,1-2H3. The topological polar surface area (TPSA) is 26.3 Å². The number of ketones is 1. The Kier molecular flexibility index (Phi) is 3.63. The fraction of sp³-hybridized carbons (Fsp3) is 0.533. The van der Waals surface area contributed by atoms with Crippen molar-refractivity contribution >= 4 is 5.78 Å². The monoisotopic (exact) mass is 232 g/mol. The highest BCUT2D eigenvalue weighted by atomic mass is 16.5. The minimum absolute atomic E-state index is 0.0955. The molecule has 0 atom stereocenters. The summed E-state index contributed by atoms with van der Waals surface area (Å²) in [6.45, 7) is 5.15. The Morgan fingerprint density at radius 2 is 2.06 bits per heavy atom. The van der Waals surface area contributed by atoms with Gasteiger partial charge in [-0.25, -0.2) is 0 Å². The molecule has 0 aromatic heterocycles. The van der Waals surface area contributed by atoms with Crippen LogP contribution in [-0.4, -0.2) is 19.0 Å². The molecule has 0 N–H and O–H groups in total. The van der Waals surface area contributed by atoms with Crippen LogP contribution in [0.3, 0.4) is 0 Å². The van der Waals surface area contributed by atoms with E-state index in [1.165, 1.54) is 12.0 Å². The molecule has 2 rings (SSSR count). The molecule has 0 bridgehead atoms. The normalized spacial score (nSPS) is 17.5. The average Bonchev–Trinajstić information content (AvgIpc) is 2.28. The summed E-state index contributed by atoms with van der Waals surface area (Å²) in [6, 6.07) is 7.99. The summed E-state index contributed by atoms with van der Waals surface area (Å²) in [4.78, 5) is 11.7. The number of ether oxygens (including phenoxy) is 1. The second kappa shape index (κ2) is 5.01. The van der Waals surface area contributed by atoms with E-state index in [1.807, 2.05) is 25.1 Å². The van der Waals surface area contributed by atoms with E-state index in [0.29, 0.717) is 0 Å². The van der Waals surface area contributed by atoms with E-state index >= 15 is 0 Å². The summed E-state index contributed by atoms with van der Waals surface area (Å²) in [7, 11) is 0. The van der Waals surface area contributed by atoms with Crippen LogP contribution in [0.4, 0.5) is 0 Å². The fourth-order valence-corrected chi connectivity index (χ4v) is 2.64. The van der Waals surface area contributed by atoms with Crippen LogP contribution in [-0.2, 0) is 10.2 Å². The fourth-order valence-electron chi connectivity index (χ4n) is 2.64. The predicted molar refractivity (Wildman–Crippen MR) is 68.5 cm³/mol. The number of benzene rings is 1. The summed E-state index contributed by atoms with van der Waals surface area (Å²) in [6.07, 6.45) is 3.51. The lowest BCUT2D eigenvalue weighted by Crippen LogP contribution is -2.40. The maximum Gasteiger partial charge on any atom is 0.160 e. The molecule has 17 heavy (non-hydrogen) atoms. The van der Waals surface area contributed by atoms with Crippen LogP contribution in [0.5, 0.6) is 0 Å². The van der Waals surface area contributed by atoms with Gasteiger partial charge in [-0.05, 0) is 32.3 Å². The van der Waals surface area contributed by atoms with Crippen LogP contribution in [0.25, 0.3) is 0 Å². The second-order valence-corrected chi connectivity index (χ2v) is 4.87. The smallest absolute Gasteiger partial charge is 0.160 e. The molecular formula is C15H20O2. The summed E-state index contributed by atoms with van der Waals surface area (Å²) < 4.78 is 5.62. The maximum absolute atomic E-state index is 11.7. The van der Waals surface area contributed by atoms with Crippen LogP contribution in [0.2, 0.25) is 0 Å². The Labute approximate surface area is 103 Å². The van der Waals surface area contributed by atoms with Crippen LogP contribution in [0, 0.1) is 0 Å². The van der Waals surface area contributed by atoms with E-state index in [0.717, 1.165) is 31.6 Å². The summed E-state index contributed by atoms with van der Waals surface area (Å²) in [5, 5.41) is 0. The molecule has 1 aromatic rings. The number of carbonyl (C=O) groups excluding carboxylic acids is 1. The van der Waals surface area contributed by atoms with Gasteiger partial charge in [-0.3, -0.25) is 4.79 Å². The second-order valence-electron chi connectivity index (χ2n) is 4.87. The van der Waals surface area contributed by atoms with Gasteiger partial charge in [0.05, 0.1) is 6.61 Å². The minimum atomic E-state index is 0.0955. The zero-order chi connectivity index (χ0) is 12.3. The van der Waals surface area contributed by atoms with E-state index < -0.39 is 0 Å². The van der Waals surface area contributed by atoms with Gasteiger partial charge in [-0.15, -0.1) is 0 Å². The number of hydrogen-bond donors (Lipinski definition) is 0. The lowest BCUT2D eigenvalue weighted by Gasteiger charge is -2.43. The molecule has 1 aliphatic rings. The Hall–Kier alpha value is -1.15. The quantitative estimate of drug-likeness (QED) is 0.728. The SMILES string of the molecule is CCOCC1(c2ccccc2C(C)=O)CCC1. The molecule has 0 radical (unpaired) electrons. The Morgan fingerprint density at radius 1 is 1.35 bits per heavy atom. The first-order chi connectivity index (χ1) is 8.19. The lowest BCUT2D eigenvalue weighted by atomic mass is 9.63. The molecule has 1 aromatic carbocycles. The van der Waals surface area contributed by atoms with Crippen LogP contribution in [0.15, 0.2) is 24.3 Å². The van der Waals surface area contributed by atoms with E-state index in [2.05, 4.69) is 6.07 Å². The molecule has 0 spiro atoms. The molecule has 92 valence electrons. The molecule has 1 fully saturated rings. The van der Waals surface area contributed by atoms with Crippen molar-refractivity contribution in [1.82, 2.24) is 0 Å².